The van der Waals surface area contributed by atoms with E-state index in [0.29, 0.717) is 6.54 Å². The van der Waals surface area contributed by atoms with Crippen LogP contribution in [0.1, 0.15) is 5.56 Å². The number of nitro benzene ring substituents is 1. The molecule has 0 unspecified atom stereocenters. The van der Waals surface area contributed by atoms with Crippen molar-refractivity contribution in [3.63, 3.8) is 0 Å². The molecular weight excluding hydrogens is 404 g/mol. The van der Waals surface area contributed by atoms with E-state index >= 15 is 0 Å². The Labute approximate surface area is 138 Å². The van der Waals surface area contributed by atoms with Crippen molar-refractivity contribution in [1.82, 2.24) is 0 Å². The first-order valence-electron chi connectivity index (χ1n) is 6.01. The average Bonchev–Trinajstić information content (AvgIpc) is 2.45. The standard InChI is InChI=1S/C14H12Br2N2O3/c1-21-14-9(6-10(15)7-13(14)16)8-17-11-2-4-12(5-3-11)18(19)20/h2-7,17H,8H2,1H3. The zero-order valence-electron chi connectivity index (χ0n) is 11.1. The molecule has 2 rings (SSSR count). The molecule has 0 bridgehead atoms. The van der Waals surface area contributed by atoms with Crippen LogP contribution in [0.15, 0.2) is 45.3 Å². The van der Waals surface area contributed by atoms with E-state index < -0.39 is 4.92 Å². The Kier molecular flexibility index (Phi) is 5.19. The van der Waals surface area contributed by atoms with Crippen molar-refractivity contribution in [2.75, 3.05) is 12.4 Å². The molecule has 5 nitrogen and oxygen atoms in total. The van der Waals surface area contributed by atoms with Crippen molar-refractivity contribution >= 4 is 43.2 Å². The summed E-state index contributed by atoms with van der Waals surface area (Å²) in [6.45, 7) is 0.541. The largest absolute Gasteiger partial charge is 0.495 e. The summed E-state index contributed by atoms with van der Waals surface area (Å²) in [4.78, 5) is 10.2. The molecule has 0 saturated heterocycles. The van der Waals surface area contributed by atoms with E-state index in [2.05, 4.69) is 37.2 Å². The van der Waals surface area contributed by atoms with E-state index in [0.717, 1.165) is 25.9 Å². The number of ether oxygens (including phenoxy) is 1. The van der Waals surface area contributed by atoms with Gasteiger partial charge in [0, 0.05) is 34.4 Å². The normalized spacial score (nSPS) is 10.2. The second kappa shape index (κ2) is 6.91. The molecule has 1 N–H and O–H groups in total. The fraction of sp³-hybridized carbons (Fsp3) is 0.143. The van der Waals surface area contributed by atoms with Crippen molar-refractivity contribution in [3.05, 3.63) is 61.0 Å². The van der Waals surface area contributed by atoms with Crippen molar-refractivity contribution < 1.29 is 9.66 Å². The SMILES string of the molecule is COc1c(Br)cc(Br)cc1CNc1ccc([N+](=O)[O-])cc1. The van der Waals surface area contributed by atoms with Crippen LogP contribution < -0.4 is 10.1 Å². The number of anilines is 1. The molecule has 0 spiro atoms. The number of halogens is 2. The van der Waals surface area contributed by atoms with Gasteiger partial charge >= 0.3 is 0 Å². The summed E-state index contributed by atoms with van der Waals surface area (Å²) >= 11 is 6.89. The summed E-state index contributed by atoms with van der Waals surface area (Å²) < 4.78 is 7.17. The Morgan fingerprint density at radius 2 is 1.90 bits per heavy atom. The lowest BCUT2D eigenvalue weighted by molar-refractivity contribution is -0.384. The van der Waals surface area contributed by atoms with E-state index in [1.807, 2.05) is 12.1 Å². The molecule has 21 heavy (non-hydrogen) atoms. The molecule has 0 atom stereocenters. The highest BCUT2D eigenvalue weighted by Gasteiger charge is 2.09. The Balaban J connectivity index is 2.14. The molecule has 7 heteroatoms. The molecule has 0 heterocycles. The number of nitrogens with one attached hydrogen (secondary N) is 1. The fourth-order valence-electron chi connectivity index (χ4n) is 1.87. The number of nitrogens with zero attached hydrogens (tertiary/aromatic N) is 1. The summed E-state index contributed by atoms with van der Waals surface area (Å²) in [5.41, 5.74) is 1.85. The lowest BCUT2D eigenvalue weighted by Crippen LogP contribution is -2.02. The molecule has 0 aromatic heterocycles. The van der Waals surface area contributed by atoms with Gasteiger partial charge in [0.1, 0.15) is 5.75 Å². The molecule has 0 amide bonds. The Hall–Kier alpha value is -1.60. The minimum Gasteiger partial charge on any atom is -0.495 e. The maximum absolute atomic E-state index is 10.6. The molecular formula is C14H12Br2N2O3. The highest BCUT2D eigenvalue weighted by Crippen LogP contribution is 2.33. The minimum atomic E-state index is -0.418. The summed E-state index contributed by atoms with van der Waals surface area (Å²) in [5.74, 6) is 0.757. The number of non-ortho nitro benzene ring substituents is 1. The Bertz CT molecular complexity index is 660. The fourth-order valence-corrected chi connectivity index (χ4v) is 3.35. The van der Waals surface area contributed by atoms with Crippen LogP contribution in [-0.4, -0.2) is 12.0 Å². The molecule has 0 fully saturated rings. The maximum Gasteiger partial charge on any atom is 0.269 e. The number of nitro groups is 1. The minimum absolute atomic E-state index is 0.0725. The summed E-state index contributed by atoms with van der Waals surface area (Å²) in [7, 11) is 1.61. The first-order chi connectivity index (χ1) is 10.0. The zero-order valence-corrected chi connectivity index (χ0v) is 14.3. The third-order valence-electron chi connectivity index (χ3n) is 2.85. The molecule has 0 radical (unpaired) electrons. The molecule has 0 aliphatic carbocycles. The first kappa shape index (κ1) is 15.8. The van der Waals surface area contributed by atoms with Crippen molar-refractivity contribution in [1.29, 1.82) is 0 Å². The van der Waals surface area contributed by atoms with Gasteiger partial charge in [0.05, 0.1) is 16.5 Å². The van der Waals surface area contributed by atoms with Crippen LogP contribution in [0.25, 0.3) is 0 Å². The first-order valence-corrected chi connectivity index (χ1v) is 7.60. The molecule has 0 aliphatic heterocycles. The van der Waals surface area contributed by atoms with E-state index in [9.17, 15) is 10.1 Å². The van der Waals surface area contributed by atoms with Crippen LogP contribution in [0, 0.1) is 10.1 Å². The van der Waals surface area contributed by atoms with E-state index in [1.165, 1.54) is 12.1 Å². The number of hydrogen-bond donors (Lipinski definition) is 1. The Morgan fingerprint density at radius 1 is 1.24 bits per heavy atom. The second-order valence-electron chi connectivity index (χ2n) is 4.24. The lowest BCUT2D eigenvalue weighted by Gasteiger charge is -2.13. The van der Waals surface area contributed by atoms with Gasteiger partial charge in [-0.3, -0.25) is 10.1 Å². The third-order valence-corrected chi connectivity index (χ3v) is 3.90. The topological polar surface area (TPSA) is 64.4 Å². The van der Waals surface area contributed by atoms with Gasteiger partial charge in [-0.2, -0.15) is 0 Å². The predicted octanol–water partition coefficient (Wildman–Crippen LogP) is 4.74. The van der Waals surface area contributed by atoms with E-state index in [-0.39, 0.29) is 5.69 Å². The van der Waals surface area contributed by atoms with Crippen molar-refractivity contribution in [3.8, 4) is 5.75 Å². The Morgan fingerprint density at radius 3 is 2.48 bits per heavy atom. The van der Waals surface area contributed by atoms with Gasteiger partial charge in [0.15, 0.2) is 0 Å². The highest BCUT2D eigenvalue weighted by atomic mass is 79.9. The van der Waals surface area contributed by atoms with Crippen LogP contribution in [0.3, 0.4) is 0 Å². The number of hydrogen-bond acceptors (Lipinski definition) is 4. The lowest BCUT2D eigenvalue weighted by atomic mass is 10.2. The molecule has 110 valence electrons. The average molecular weight is 416 g/mol. The van der Waals surface area contributed by atoms with Gasteiger partial charge < -0.3 is 10.1 Å². The van der Waals surface area contributed by atoms with Gasteiger partial charge in [0.25, 0.3) is 5.69 Å². The molecule has 2 aromatic carbocycles. The van der Waals surface area contributed by atoms with Crippen LogP contribution >= 0.6 is 31.9 Å². The second-order valence-corrected chi connectivity index (χ2v) is 6.01. The van der Waals surface area contributed by atoms with Crippen LogP contribution in [0.5, 0.6) is 5.75 Å². The van der Waals surface area contributed by atoms with Gasteiger partial charge in [-0.25, -0.2) is 0 Å². The number of rotatable bonds is 5. The summed E-state index contributed by atoms with van der Waals surface area (Å²) in [6.07, 6.45) is 0. The molecule has 0 aliphatic rings. The van der Waals surface area contributed by atoms with Crippen molar-refractivity contribution in [2.24, 2.45) is 0 Å². The predicted molar refractivity (Wildman–Crippen MR) is 88.8 cm³/mol. The van der Waals surface area contributed by atoms with Gasteiger partial charge in [-0.05, 0) is 40.2 Å². The molecule has 0 saturated carbocycles. The molecule has 2 aromatic rings. The van der Waals surface area contributed by atoms with Gasteiger partial charge in [-0.1, -0.05) is 15.9 Å². The quantitative estimate of drug-likeness (QED) is 0.565. The van der Waals surface area contributed by atoms with Crippen LogP contribution in [0.4, 0.5) is 11.4 Å². The van der Waals surface area contributed by atoms with E-state index in [4.69, 9.17) is 4.74 Å². The summed E-state index contributed by atoms with van der Waals surface area (Å²) in [5, 5.41) is 13.8. The highest BCUT2D eigenvalue weighted by molar-refractivity contribution is 9.11. The van der Waals surface area contributed by atoms with Gasteiger partial charge in [-0.15, -0.1) is 0 Å². The van der Waals surface area contributed by atoms with E-state index in [1.54, 1.807) is 19.2 Å². The maximum atomic E-state index is 10.6. The van der Waals surface area contributed by atoms with Crippen LogP contribution in [0.2, 0.25) is 0 Å². The van der Waals surface area contributed by atoms with Gasteiger partial charge in [0.2, 0.25) is 0 Å². The zero-order chi connectivity index (χ0) is 15.4. The summed E-state index contributed by atoms with van der Waals surface area (Å²) in [6, 6.07) is 10.2. The monoisotopic (exact) mass is 414 g/mol. The smallest absolute Gasteiger partial charge is 0.269 e. The number of methoxy groups -OCH3 is 1. The number of benzene rings is 2. The third kappa shape index (κ3) is 3.95. The van der Waals surface area contributed by atoms with Crippen molar-refractivity contribution in [2.45, 2.75) is 6.54 Å². The van der Waals surface area contributed by atoms with Crippen LogP contribution in [-0.2, 0) is 6.54 Å².